The molecule has 0 aromatic heterocycles. The van der Waals surface area contributed by atoms with E-state index in [9.17, 15) is 9.59 Å². The Morgan fingerprint density at radius 3 is 1.89 bits per heavy atom. The lowest BCUT2D eigenvalue weighted by Gasteiger charge is -2.56. The molecule has 0 bridgehead atoms. The fraction of sp³-hybridized carbons (Fsp3) is 0.867. The van der Waals surface area contributed by atoms with Crippen LogP contribution in [0.2, 0.25) is 0 Å². The molecule has 2 rings (SSSR count). The Hall–Kier alpha value is -1.06. The summed E-state index contributed by atoms with van der Waals surface area (Å²) in [5.41, 5.74) is -1.35. The highest BCUT2D eigenvalue weighted by Gasteiger charge is 2.74. The highest BCUT2D eigenvalue weighted by molar-refractivity contribution is 5.86. The largest absolute Gasteiger partial charge is 0.466 e. The summed E-state index contributed by atoms with van der Waals surface area (Å²) in [6.45, 7) is 8.42. The Morgan fingerprint density at radius 2 is 1.42 bits per heavy atom. The zero-order valence-electron chi connectivity index (χ0n) is 12.4. The predicted molar refractivity (Wildman–Crippen MR) is 70.4 cm³/mol. The average Bonchev–Trinajstić information content (AvgIpc) is 2.51. The summed E-state index contributed by atoms with van der Waals surface area (Å²) >= 11 is 0. The molecule has 0 aliphatic heterocycles. The van der Waals surface area contributed by atoms with Gasteiger partial charge in [0.15, 0.2) is 0 Å². The third-order valence-corrected chi connectivity index (χ3v) is 5.77. The summed E-state index contributed by atoms with van der Waals surface area (Å²) in [6.07, 6.45) is 3.16. The Labute approximate surface area is 114 Å². The van der Waals surface area contributed by atoms with E-state index < -0.39 is 10.8 Å². The van der Waals surface area contributed by atoms with E-state index in [1.54, 1.807) is 0 Å². The molecule has 2 fully saturated rings. The highest BCUT2D eigenvalue weighted by atomic mass is 16.5. The van der Waals surface area contributed by atoms with Crippen molar-refractivity contribution in [1.29, 1.82) is 0 Å². The molecule has 0 N–H and O–H groups in total. The number of hydrogen-bond donors (Lipinski definition) is 0. The van der Waals surface area contributed by atoms with Crippen LogP contribution in [0.3, 0.4) is 0 Å². The number of fused-ring (bicyclic) bond motifs is 1. The molecule has 0 heterocycles. The molecule has 3 atom stereocenters. The fourth-order valence-electron chi connectivity index (χ4n) is 4.06. The van der Waals surface area contributed by atoms with Crippen LogP contribution in [-0.2, 0) is 19.1 Å². The maximum Gasteiger partial charge on any atom is 0.312 e. The van der Waals surface area contributed by atoms with Crippen molar-refractivity contribution >= 4 is 11.9 Å². The molecule has 2 aliphatic rings. The molecule has 0 radical (unpaired) electrons. The molecule has 0 aromatic rings. The van der Waals surface area contributed by atoms with Crippen LogP contribution in [0.1, 0.15) is 53.4 Å². The number of hydrogen-bond acceptors (Lipinski definition) is 4. The van der Waals surface area contributed by atoms with Crippen LogP contribution in [-0.4, -0.2) is 25.2 Å². The van der Waals surface area contributed by atoms with Crippen molar-refractivity contribution in [2.24, 2.45) is 16.2 Å². The minimum absolute atomic E-state index is 0.128. The van der Waals surface area contributed by atoms with Gasteiger partial charge in [-0.25, -0.2) is 0 Å². The normalized spacial score (nSPS) is 40.2. The quantitative estimate of drug-likeness (QED) is 0.736. The zero-order chi connectivity index (χ0) is 14.3. The Bertz CT molecular complexity index is 377. The van der Waals surface area contributed by atoms with Crippen molar-refractivity contribution < 1.29 is 19.1 Å². The lowest BCUT2D eigenvalue weighted by molar-refractivity contribution is -0.193. The van der Waals surface area contributed by atoms with Crippen LogP contribution in [0.15, 0.2) is 0 Å². The number of rotatable bonds is 4. The fourth-order valence-corrected chi connectivity index (χ4v) is 4.06. The first-order valence-corrected chi connectivity index (χ1v) is 7.22. The molecule has 19 heavy (non-hydrogen) atoms. The molecule has 2 aliphatic carbocycles. The van der Waals surface area contributed by atoms with Crippen molar-refractivity contribution in [3.63, 3.8) is 0 Å². The standard InChI is InChI=1S/C15H24O4/c1-5-18-11(16)13(3)7-9-15(12(17)19-6-2)10-8-14(13,15)4/h5-10H2,1-4H3. The summed E-state index contributed by atoms with van der Waals surface area (Å²) in [7, 11) is 0. The van der Waals surface area contributed by atoms with Crippen molar-refractivity contribution in [2.45, 2.75) is 53.4 Å². The molecule has 2 saturated carbocycles. The van der Waals surface area contributed by atoms with Crippen LogP contribution in [0.4, 0.5) is 0 Å². The molecule has 4 nitrogen and oxygen atoms in total. The summed E-state index contributed by atoms with van der Waals surface area (Å²) in [6, 6.07) is 0. The van der Waals surface area contributed by atoms with E-state index >= 15 is 0 Å². The van der Waals surface area contributed by atoms with Gasteiger partial charge >= 0.3 is 11.9 Å². The first-order valence-electron chi connectivity index (χ1n) is 7.22. The van der Waals surface area contributed by atoms with Gasteiger partial charge < -0.3 is 9.47 Å². The van der Waals surface area contributed by atoms with Gasteiger partial charge in [0.1, 0.15) is 0 Å². The molecule has 0 saturated heterocycles. The monoisotopic (exact) mass is 268 g/mol. The van der Waals surface area contributed by atoms with Crippen molar-refractivity contribution in [1.82, 2.24) is 0 Å². The predicted octanol–water partition coefficient (Wildman–Crippen LogP) is 2.70. The molecule has 0 aromatic carbocycles. The van der Waals surface area contributed by atoms with Gasteiger partial charge in [-0.1, -0.05) is 6.92 Å². The molecule has 3 unspecified atom stereocenters. The Kier molecular flexibility index (Phi) is 3.40. The average molecular weight is 268 g/mol. The maximum absolute atomic E-state index is 12.3. The van der Waals surface area contributed by atoms with Crippen molar-refractivity contribution in [2.75, 3.05) is 13.2 Å². The molecule has 0 spiro atoms. The van der Waals surface area contributed by atoms with Gasteiger partial charge in [-0.15, -0.1) is 0 Å². The van der Waals surface area contributed by atoms with Crippen molar-refractivity contribution in [3.8, 4) is 0 Å². The van der Waals surface area contributed by atoms with Crippen LogP contribution in [0.5, 0.6) is 0 Å². The van der Waals surface area contributed by atoms with Gasteiger partial charge in [-0.2, -0.15) is 0 Å². The zero-order valence-corrected chi connectivity index (χ0v) is 12.4. The summed E-state index contributed by atoms with van der Waals surface area (Å²) in [5.74, 6) is -0.292. The number of esters is 2. The molecule has 108 valence electrons. The Balaban J connectivity index is 2.30. The second kappa shape index (κ2) is 4.50. The topological polar surface area (TPSA) is 52.6 Å². The van der Waals surface area contributed by atoms with Crippen LogP contribution >= 0.6 is 0 Å². The van der Waals surface area contributed by atoms with Crippen LogP contribution < -0.4 is 0 Å². The van der Waals surface area contributed by atoms with E-state index in [2.05, 4.69) is 6.92 Å². The van der Waals surface area contributed by atoms with Gasteiger partial charge in [-0.3, -0.25) is 9.59 Å². The van der Waals surface area contributed by atoms with Crippen molar-refractivity contribution in [3.05, 3.63) is 0 Å². The first kappa shape index (κ1) is 14.4. The highest BCUT2D eigenvalue weighted by Crippen LogP contribution is 2.74. The number of carbonyl (C=O) groups excluding carboxylic acids is 2. The van der Waals surface area contributed by atoms with E-state index in [1.165, 1.54) is 0 Å². The first-order chi connectivity index (χ1) is 8.88. The smallest absolute Gasteiger partial charge is 0.312 e. The number of carbonyl (C=O) groups is 2. The number of ether oxygens (including phenoxy) is 2. The molecular formula is C15H24O4. The van der Waals surface area contributed by atoms with E-state index in [0.29, 0.717) is 19.6 Å². The second-order valence-electron chi connectivity index (χ2n) is 6.19. The van der Waals surface area contributed by atoms with E-state index in [-0.39, 0.29) is 17.4 Å². The van der Waals surface area contributed by atoms with Gasteiger partial charge in [-0.05, 0) is 51.9 Å². The van der Waals surface area contributed by atoms with Crippen LogP contribution in [0, 0.1) is 16.2 Å². The lowest BCUT2D eigenvalue weighted by Crippen LogP contribution is -2.59. The van der Waals surface area contributed by atoms with Gasteiger partial charge in [0, 0.05) is 0 Å². The summed E-state index contributed by atoms with van der Waals surface area (Å²) < 4.78 is 10.5. The maximum atomic E-state index is 12.3. The summed E-state index contributed by atoms with van der Waals surface area (Å²) in [4.78, 5) is 24.6. The van der Waals surface area contributed by atoms with E-state index in [1.807, 2.05) is 20.8 Å². The summed E-state index contributed by atoms with van der Waals surface area (Å²) in [5, 5.41) is 0. The third kappa shape index (κ3) is 1.58. The van der Waals surface area contributed by atoms with E-state index in [4.69, 9.17) is 9.47 Å². The van der Waals surface area contributed by atoms with Gasteiger partial charge in [0.25, 0.3) is 0 Å². The second-order valence-corrected chi connectivity index (χ2v) is 6.19. The van der Waals surface area contributed by atoms with Gasteiger partial charge in [0.2, 0.25) is 0 Å². The van der Waals surface area contributed by atoms with E-state index in [0.717, 1.165) is 19.3 Å². The lowest BCUT2D eigenvalue weighted by atomic mass is 9.46. The Morgan fingerprint density at radius 1 is 0.895 bits per heavy atom. The molecule has 4 heteroatoms. The minimum atomic E-state index is -0.561. The SMILES string of the molecule is CCOC(=O)C1(C)CCC2(C(=O)OCC)CCC12C. The molecular weight excluding hydrogens is 244 g/mol. The van der Waals surface area contributed by atoms with Gasteiger partial charge in [0.05, 0.1) is 24.0 Å². The van der Waals surface area contributed by atoms with Crippen LogP contribution in [0.25, 0.3) is 0 Å². The molecule has 0 amide bonds. The minimum Gasteiger partial charge on any atom is -0.466 e. The third-order valence-electron chi connectivity index (χ3n) is 5.77.